The summed E-state index contributed by atoms with van der Waals surface area (Å²) in [5.41, 5.74) is 4.71. The summed E-state index contributed by atoms with van der Waals surface area (Å²) in [5, 5.41) is 21.1. The lowest BCUT2D eigenvalue weighted by atomic mass is 9.95. The van der Waals surface area contributed by atoms with Gasteiger partial charge in [0.1, 0.15) is 0 Å². The Morgan fingerprint density at radius 1 is 1.17 bits per heavy atom. The molecule has 2 heterocycles. The summed E-state index contributed by atoms with van der Waals surface area (Å²) in [4.78, 5) is 0. The van der Waals surface area contributed by atoms with E-state index in [-0.39, 0.29) is 5.54 Å². The van der Waals surface area contributed by atoms with Crippen LogP contribution in [0.5, 0.6) is 0 Å². The van der Waals surface area contributed by atoms with E-state index in [9.17, 15) is 5.26 Å². The van der Waals surface area contributed by atoms with Crippen LogP contribution in [-0.2, 0) is 0 Å². The lowest BCUT2D eigenvalue weighted by molar-refractivity contribution is 0.122. The molecule has 0 radical (unpaired) electrons. The molecule has 0 fully saturated rings. The number of hydrogen-bond acceptors (Lipinski definition) is 4. The Morgan fingerprint density at radius 2 is 1.83 bits per heavy atom. The van der Waals surface area contributed by atoms with E-state index < -0.39 is 6.04 Å². The van der Waals surface area contributed by atoms with Crippen LogP contribution in [0.3, 0.4) is 0 Å². The van der Waals surface area contributed by atoms with Crippen molar-refractivity contribution in [3.63, 3.8) is 0 Å². The van der Waals surface area contributed by atoms with Crippen molar-refractivity contribution in [2.45, 2.75) is 52.6 Å². The molecular formula is C19H23N5. The minimum Gasteiger partial charge on any atom is -0.269 e. The molecule has 1 aromatic carbocycles. The summed E-state index contributed by atoms with van der Waals surface area (Å²) in [6, 6.07) is 12.0. The number of para-hydroxylation sites is 1. The topological polar surface area (TPSA) is 57.2 Å². The van der Waals surface area contributed by atoms with Crippen LogP contribution in [0.25, 0.3) is 5.69 Å². The number of nitrogens with zero attached hydrogens (tertiary/aromatic N) is 5. The molecule has 1 aliphatic rings. The van der Waals surface area contributed by atoms with Crippen LogP contribution in [0.1, 0.15) is 50.2 Å². The second-order valence-corrected chi connectivity index (χ2v) is 7.03. The van der Waals surface area contributed by atoms with E-state index in [0.717, 1.165) is 34.8 Å². The van der Waals surface area contributed by atoms with Crippen molar-refractivity contribution >= 4 is 5.71 Å². The quantitative estimate of drug-likeness (QED) is 0.861. The highest BCUT2D eigenvalue weighted by molar-refractivity contribution is 5.84. The SMILES string of the molecule is CC1=NN(C(C#N)c2c(C)nn(-c3ccccc3)c2C)C(C)(C)C1. The minimum atomic E-state index is -0.435. The third-order valence-corrected chi connectivity index (χ3v) is 4.58. The maximum Gasteiger partial charge on any atom is 0.162 e. The predicted octanol–water partition coefficient (Wildman–Crippen LogP) is 3.91. The Morgan fingerprint density at radius 3 is 2.38 bits per heavy atom. The van der Waals surface area contributed by atoms with Gasteiger partial charge in [0.2, 0.25) is 0 Å². The van der Waals surface area contributed by atoms with Crippen molar-refractivity contribution in [2.75, 3.05) is 0 Å². The predicted molar refractivity (Wildman–Crippen MR) is 95.0 cm³/mol. The molecule has 5 nitrogen and oxygen atoms in total. The smallest absolute Gasteiger partial charge is 0.162 e. The molecule has 24 heavy (non-hydrogen) atoms. The maximum atomic E-state index is 9.89. The molecule has 0 spiro atoms. The second-order valence-electron chi connectivity index (χ2n) is 7.03. The first-order chi connectivity index (χ1) is 11.3. The van der Waals surface area contributed by atoms with Gasteiger partial charge < -0.3 is 0 Å². The number of benzene rings is 1. The molecule has 1 atom stereocenters. The highest BCUT2D eigenvalue weighted by atomic mass is 15.5. The Bertz CT molecular complexity index is 823. The molecule has 5 heteroatoms. The Kier molecular flexibility index (Phi) is 3.92. The molecule has 0 bridgehead atoms. The molecule has 1 aliphatic heterocycles. The van der Waals surface area contributed by atoms with Crippen molar-refractivity contribution in [1.82, 2.24) is 14.8 Å². The van der Waals surface area contributed by atoms with Crippen LogP contribution < -0.4 is 0 Å². The number of hydrogen-bond donors (Lipinski definition) is 0. The number of rotatable bonds is 3. The zero-order chi connectivity index (χ0) is 17.5. The van der Waals surface area contributed by atoms with Gasteiger partial charge in [-0.1, -0.05) is 18.2 Å². The molecule has 0 saturated heterocycles. The van der Waals surface area contributed by atoms with Crippen LogP contribution in [0, 0.1) is 25.2 Å². The molecule has 1 unspecified atom stereocenters. The number of hydrazone groups is 1. The van der Waals surface area contributed by atoms with Gasteiger partial charge in [-0.05, 0) is 46.8 Å². The maximum absolute atomic E-state index is 9.89. The van der Waals surface area contributed by atoms with Crippen molar-refractivity contribution in [2.24, 2.45) is 5.10 Å². The monoisotopic (exact) mass is 321 g/mol. The second kappa shape index (κ2) is 5.79. The zero-order valence-corrected chi connectivity index (χ0v) is 14.9. The van der Waals surface area contributed by atoms with Gasteiger partial charge in [-0.25, -0.2) is 4.68 Å². The van der Waals surface area contributed by atoms with Gasteiger partial charge in [0.05, 0.1) is 23.0 Å². The Balaban J connectivity index is 2.09. The van der Waals surface area contributed by atoms with Gasteiger partial charge >= 0.3 is 0 Å². The zero-order valence-electron chi connectivity index (χ0n) is 14.9. The van der Waals surface area contributed by atoms with Gasteiger partial charge in [-0.2, -0.15) is 15.5 Å². The summed E-state index contributed by atoms with van der Waals surface area (Å²) in [7, 11) is 0. The third kappa shape index (κ3) is 2.58. The van der Waals surface area contributed by atoms with E-state index in [1.165, 1.54) is 0 Å². The fourth-order valence-corrected chi connectivity index (χ4v) is 3.58. The lowest BCUT2D eigenvalue weighted by Crippen LogP contribution is -2.39. The van der Waals surface area contributed by atoms with Crippen molar-refractivity contribution < 1.29 is 0 Å². The van der Waals surface area contributed by atoms with Crippen LogP contribution in [0.2, 0.25) is 0 Å². The first-order valence-corrected chi connectivity index (χ1v) is 8.19. The summed E-state index contributed by atoms with van der Waals surface area (Å²) < 4.78 is 1.91. The summed E-state index contributed by atoms with van der Waals surface area (Å²) >= 11 is 0. The Labute approximate surface area is 143 Å². The van der Waals surface area contributed by atoms with Gasteiger partial charge in [-0.15, -0.1) is 0 Å². The van der Waals surface area contributed by atoms with E-state index >= 15 is 0 Å². The molecule has 0 saturated carbocycles. The standard InChI is InChI=1S/C19H23N5/c1-13-11-19(4,5)24(21-13)17(12-20)18-14(2)22-23(15(18)3)16-9-7-6-8-10-16/h6-10,17H,11H2,1-5H3. The summed E-state index contributed by atoms with van der Waals surface area (Å²) in [6.45, 7) is 10.3. The van der Waals surface area contributed by atoms with Gasteiger partial charge in [0, 0.05) is 23.4 Å². The van der Waals surface area contributed by atoms with Gasteiger partial charge in [0.15, 0.2) is 6.04 Å². The van der Waals surface area contributed by atoms with Crippen molar-refractivity contribution in [3.05, 3.63) is 47.3 Å². The highest BCUT2D eigenvalue weighted by Crippen LogP contribution is 2.37. The summed E-state index contributed by atoms with van der Waals surface area (Å²) in [5.74, 6) is 0. The first-order valence-electron chi connectivity index (χ1n) is 8.19. The highest BCUT2D eigenvalue weighted by Gasteiger charge is 2.39. The molecule has 1 aromatic heterocycles. The van der Waals surface area contributed by atoms with Crippen LogP contribution in [0.4, 0.5) is 0 Å². The van der Waals surface area contributed by atoms with E-state index in [0.29, 0.717) is 0 Å². The number of nitriles is 1. The third-order valence-electron chi connectivity index (χ3n) is 4.58. The van der Waals surface area contributed by atoms with Crippen molar-refractivity contribution in [3.8, 4) is 11.8 Å². The molecular weight excluding hydrogens is 298 g/mol. The summed E-state index contributed by atoms with van der Waals surface area (Å²) in [6.07, 6.45) is 0.871. The van der Waals surface area contributed by atoms with Crippen LogP contribution in [-0.4, -0.2) is 26.0 Å². The minimum absolute atomic E-state index is 0.168. The molecule has 0 aliphatic carbocycles. The van der Waals surface area contributed by atoms with E-state index in [4.69, 9.17) is 0 Å². The fourth-order valence-electron chi connectivity index (χ4n) is 3.58. The Hall–Kier alpha value is -2.61. The van der Waals surface area contributed by atoms with Crippen LogP contribution >= 0.6 is 0 Å². The molecule has 124 valence electrons. The van der Waals surface area contributed by atoms with E-state index in [2.05, 4.69) is 30.1 Å². The molecule has 3 rings (SSSR count). The molecule has 0 N–H and O–H groups in total. The number of aryl methyl sites for hydroxylation is 1. The van der Waals surface area contributed by atoms with Gasteiger partial charge in [0.25, 0.3) is 0 Å². The molecule has 2 aromatic rings. The fraction of sp³-hybridized carbons (Fsp3) is 0.421. The van der Waals surface area contributed by atoms with E-state index in [1.807, 2.05) is 60.8 Å². The average Bonchev–Trinajstić information content (AvgIpc) is 2.98. The average molecular weight is 321 g/mol. The largest absolute Gasteiger partial charge is 0.269 e. The van der Waals surface area contributed by atoms with Gasteiger partial charge in [-0.3, -0.25) is 5.01 Å². The normalized spacial score (nSPS) is 17.5. The van der Waals surface area contributed by atoms with Crippen LogP contribution in [0.15, 0.2) is 35.4 Å². The van der Waals surface area contributed by atoms with E-state index in [1.54, 1.807) is 0 Å². The van der Waals surface area contributed by atoms with Crippen molar-refractivity contribution in [1.29, 1.82) is 5.26 Å². The number of aromatic nitrogens is 2. The first kappa shape index (κ1) is 16.3. The molecule has 0 amide bonds. The lowest BCUT2D eigenvalue weighted by Gasteiger charge is -2.34.